The smallest absolute Gasteiger partial charge is 0.219 e. The number of primary amides is 1. The standard InChI is InChI=1S/C12H15N3OS/c1-7-4-3-5-9-11(7)14-12(17)15(9)8(2)6-10(13)16/h3-5,8H,6H2,1-2H3,(H2,13,16)(H,14,17). The molecule has 2 rings (SSSR count). The number of H-pyrrole nitrogens is 1. The van der Waals surface area contributed by atoms with Crippen LogP contribution >= 0.6 is 12.2 Å². The Balaban J connectivity index is 2.61. The predicted octanol–water partition coefficient (Wildman–Crippen LogP) is 2.44. The van der Waals surface area contributed by atoms with E-state index in [1.165, 1.54) is 0 Å². The number of benzene rings is 1. The topological polar surface area (TPSA) is 63.8 Å². The number of amides is 1. The number of carbonyl (C=O) groups excluding carboxylic acids is 1. The number of para-hydroxylation sites is 1. The normalized spacial score (nSPS) is 12.8. The second kappa shape index (κ2) is 4.33. The van der Waals surface area contributed by atoms with Crippen molar-refractivity contribution in [2.75, 3.05) is 0 Å². The zero-order valence-corrected chi connectivity index (χ0v) is 10.7. The number of hydrogen-bond acceptors (Lipinski definition) is 2. The Labute approximate surface area is 104 Å². The largest absolute Gasteiger partial charge is 0.370 e. The van der Waals surface area contributed by atoms with E-state index in [-0.39, 0.29) is 18.4 Å². The van der Waals surface area contributed by atoms with Gasteiger partial charge >= 0.3 is 0 Å². The summed E-state index contributed by atoms with van der Waals surface area (Å²) in [5.41, 5.74) is 8.40. The molecule has 1 amide bonds. The molecule has 3 N–H and O–H groups in total. The minimum Gasteiger partial charge on any atom is -0.370 e. The number of nitrogens with one attached hydrogen (secondary N) is 1. The molecule has 1 heterocycles. The molecular formula is C12H15N3OS. The highest BCUT2D eigenvalue weighted by atomic mass is 32.1. The Kier molecular flexibility index (Phi) is 3.02. The van der Waals surface area contributed by atoms with Crippen molar-refractivity contribution in [2.45, 2.75) is 26.3 Å². The molecule has 0 bridgehead atoms. The van der Waals surface area contributed by atoms with E-state index in [9.17, 15) is 4.79 Å². The van der Waals surface area contributed by atoms with E-state index >= 15 is 0 Å². The second-order valence-electron chi connectivity index (χ2n) is 4.29. The van der Waals surface area contributed by atoms with Crippen molar-refractivity contribution < 1.29 is 4.79 Å². The van der Waals surface area contributed by atoms with Crippen LogP contribution in [0.3, 0.4) is 0 Å². The van der Waals surface area contributed by atoms with Crippen molar-refractivity contribution in [2.24, 2.45) is 5.73 Å². The number of imidazole rings is 1. The van der Waals surface area contributed by atoms with Crippen LogP contribution in [0.2, 0.25) is 0 Å². The van der Waals surface area contributed by atoms with Gasteiger partial charge in [0.15, 0.2) is 4.77 Å². The van der Waals surface area contributed by atoms with Crippen LogP contribution in [-0.2, 0) is 4.79 Å². The number of nitrogens with two attached hydrogens (primary N) is 1. The molecule has 90 valence electrons. The number of fused-ring (bicyclic) bond motifs is 1. The summed E-state index contributed by atoms with van der Waals surface area (Å²) >= 11 is 5.30. The summed E-state index contributed by atoms with van der Waals surface area (Å²) in [6.45, 7) is 3.97. The summed E-state index contributed by atoms with van der Waals surface area (Å²) < 4.78 is 2.57. The molecule has 1 unspecified atom stereocenters. The van der Waals surface area contributed by atoms with Crippen LogP contribution in [-0.4, -0.2) is 15.5 Å². The Bertz CT molecular complexity index is 626. The van der Waals surface area contributed by atoms with Gasteiger partial charge in [0.05, 0.1) is 11.0 Å². The third kappa shape index (κ3) is 2.10. The number of rotatable bonds is 3. The van der Waals surface area contributed by atoms with Gasteiger partial charge in [-0.15, -0.1) is 0 Å². The summed E-state index contributed by atoms with van der Waals surface area (Å²) in [5.74, 6) is -0.318. The van der Waals surface area contributed by atoms with E-state index in [0.717, 1.165) is 16.6 Å². The zero-order valence-electron chi connectivity index (χ0n) is 9.86. The van der Waals surface area contributed by atoms with Crippen molar-refractivity contribution in [1.29, 1.82) is 0 Å². The van der Waals surface area contributed by atoms with Gasteiger partial charge in [0.2, 0.25) is 5.91 Å². The van der Waals surface area contributed by atoms with Gasteiger partial charge in [-0.2, -0.15) is 0 Å². The van der Waals surface area contributed by atoms with Crippen molar-refractivity contribution >= 4 is 29.2 Å². The molecular weight excluding hydrogens is 234 g/mol. The predicted molar refractivity (Wildman–Crippen MR) is 70.4 cm³/mol. The molecule has 0 aliphatic heterocycles. The minimum atomic E-state index is -0.318. The van der Waals surface area contributed by atoms with E-state index in [1.807, 2.05) is 36.6 Å². The first kappa shape index (κ1) is 11.9. The molecule has 0 spiro atoms. The molecule has 0 aliphatic carbocycles. The first-order chi connectivity index (χ1) is 8.00. The quantitative estimate of drug-likeness (QED) is 0.821. The minimum absolute atomic E-state index is 0.0319. The van der Waals surface area contributed by atoms with Gasteiger partial charge in [-0.3, -0.25) is 4.79 Å². The Morgan fingerprint density at radius 1 is 1.59 bits per heavy atom. The molecule has 0 saturated heterocycles. The first-order valence-electron chi connectivity index (χ1n) is 5.49. The average Bonchev–Trinajstić information content (AvgIpc) is 2.55. The molecule has 5 heteroatoms. The van der Waals surface area contributed by atoms with Gasteiger partial charge < -0.3 is 15.3 Å². The average molecular weight is 249 g/mol. The molecule has 4 nitrogen and oxygen atoms in total. The number of aromatic amines is 1. The van der Waals surface area contributed by atoms with Crippen molar-refractivity contribution in [3.63, 3.8) is 0 Å². The van der Waals surface area contributed by atoms with Gasteiger partial charge in [0.25, 0.3) is 0 Å². The number of carbonyl (C=O) groups is 1. The van der Waals surface area contributed by atoms with E-state index in [4.69, 9.17) is 18.0 Å². The molecule has 1 aromatic heterocycles. The lowest BCUT2D eigenvalue weighted by Gasteiger charge is -2.12. The van der Waals surface area contributed by atoms with Gasteiger partial charge in [-0.25, -0.2) is 0 Å². The summed E-state index contributed by atoms with van der Waals surface area (Å²) in [6.07, 6.45) is 0.287. The highest BCUT2D eigenvalue weighted by Crippen LogP contribution is 2.23. The number of hydrogen-bond donors (Lipinski definition) is 2. The van der Waals surface area contributed by atoms with Crippen LogP contribution < -0.4 is 5.73 Å². The lowest BCUT2D eigenvalue weighted by Crippen LogP contribution is -2.17. The molecule has 0 radical (unpaired) electrons. The molecule has 0 fully saturated rings. The monoisotopic (exact) mass is 249 g/mol. The second-order valence-corrected chi connectivity index (χ2v) is 4.68. The lowest BCUT2D eigenvalue weighted by atomic mass is 10.2. The Morgan fingerprint density at radius 3 is 2.94 bits per heavy atom. The molecule has 0 aliphatic rings. The van der Waals surface area contributed by atoms with Crippen LogP contribution in [0.4, 0.5) is 0 Å². The van der Waals surface area contributed by atoms with E-state index < -0.39 is 0 Å². The summed E-state index contributed by atoms with van der Waals surface area (Å²) in [6, 6.07) is 5.96. The van der Waals surface area contributed by atoms with Crippen LogP contribution in [0.5, 0.6) is 0 Å². The maximum atomic E-state index is 11.0. The molecule has 1 aromatic carbocycles. The van der Waals surface area contributed by atoms with Gasteiger partial charge in [-0.1, -0.05) is 12.1 Å². The van der Waals surface area contributed by atoms with E-state index in [1.54, 1.807) is 0 Å². The number of nitrogens with zero attached hydrogens (tertiary/aromatic N) is 1. The van der Waals surface area contributed by atoms with Crippen LogP contribution in [0.25, 0.3) is 11.0 Å². The third-order valence-electron chi connectivity index (χ3n) is 2.90. The van der Waals surface area contributed by atoms with Crippen LogP contribution in [0.15, 0.2) is 18.2 Å². The first-order valence-corrected chi connectivity index (χ1v) is 5.89. The van der Waals surface area contributed by atoms with Crippen LogP contribution in [0.1, 0.15) is 24.9 Å². The van der Waals surface area contributed by atoms with Crippen LogP contribution in [0, 0.1) is 11.7 Å². The number of aryl methyl sites for hydroxylation is 1. The fourth-order valence-electron chi connectivity index (χ4n) is 2.11. The maximum absolute atomic E-state index is 11.0. The highest BCUT2D eigenvalue weighted by Gasteiger charge is 2.13. The number of aromatic nitrogens is 2. The van der Waals surface area contributed by atoms with Gasteiger partial charge in [0.1, 0.15) is 0 Å². The molecule has 17 heavy (non-hydrogen) atoms. The summed E-state index contributed by atoms with van der Waals surface area (Å²) in [4.78, 5) is 14.2. The fourth-order valence-corrected chi connectivity index (χ4v) is 2.49. The van der Waals surface area contributed by atoms with E-state index in [2.05, 4.69) is 4.98 Å². The molecule has 1 atom stereocenters. The zero-order chi connectivity index (χ0) is 12.6. The molecule has 2 aromatic rings. The Hall–Kier alpha value is -1.62. The lowest BCUT2D eigenvalue weighted by molar-refractivity contribution is -0.118. The summed E-state index contributed by atoms with van der Waals surface area (Å²) in [5, 5.41) is 0. The van der Waals surface area contributed by atoms with Gasteiger partial charge in [-0.05, 0) is 37.7 Å². The third-order valence-corrected chi connectivity index (χ3v) is 3.20. The summed E-state index contributed by atoms with van der Waals surface area (Å²) in [7, 11) is 0. The fraction of sp³-hybridized carbons (Fsp3) is 0.333. The van der Waals surface area contributed by atoms with Crippen molar-refractivity contribution in [1.82, 2.24) is 9.55 Å². The van der Waals surface area contributed by atoms with Crippen molar-refractivity contribution in [3.05, 3.63) is 28.5 Å². The van der Waals surface area contributed by atoms with E-state index in [0.29, 0.717) is 4.77 Å². The van der Waals surface area contributed by atoms with Gasteiger partial charge in [0, 0.05) is 12.5 Å². The van der Waals surface area contributed by atoms with Crippen molar-refractivity contribution in [3.8, 4) is 0 Å². The molecule has 0 saturated carbocycles. The SMILES string of the molecule is Cc1cccc2c1[nH]c(=S)n2C(C)CC(N)=O. The maximum Gasteiger partial charge on any atom is 0.219 e. The Morgan fingerprint density at radius 2 is 2.29 bits per heavy atom. The highest BCUT2D eigenvalue weighted by molar-refractivity contribution is 7.71.